The average molecular weight is 156 g/mol. The van der Waals surface area contributed by atoms with E-state index in [1.54, 1.807) is 4.90 Å². The van der Waals surface area contributed by atoms with E-state index < -0.39 is 5.91 Å². The molecule has 0 saturated carbocycles. The predicted octanol–water partition coefficient (Wildman–Crippen LogP) is -1.04. The molecule has 0 aliphatic carbocycles. The van der Waals surface area contributed by atoms with Crippen molar-refractivity contribution in [2.45, 2.75) is 0 Å². The maximum absolute atomic E-state index is 10.8. The quantitative estimate of drug-likeness (QED) is 0.359. The highest BCUT2D eigenvalue weighted by molar-refractivity contribution is 6.23. The van der Waals surface area contributed by atoms with E-state index >= 15 is 0 Å². The van der Waals surface area contributed by atoms with Crippen LogP contribution in [0.15, 0.2) is 0 Å². The number of aldehydes is 1. The Balaban J connectivity index is 2.38. The maximum atomic E-state index is 10.8. The maximum Gasteiger partial charge on any atom is 0.286 e. The SMILES string of the molecule is CN1CCN(C(=O)C=O)CC1. The van der Waals surface area contributed by atoms with E-state index in [0.29, 0.717) is 19.4 Å². The van der Waals surface area contributed by atoms with Crippen molar-refractivity contribution in [3.8, 4) is 0 Å². The van der Waals surface area contributed by atoms with Gasteiger partial charge in [-0.15, -0.1) is 0 Å². The highest BCUT2D eigenvalue weighted by atomic mass is 16.2. The van der Waals surface area contributed by atoms with Crippen molar-refractivity contribution in [1.29, 1.82) is 0 Å². The Morgan fingerprint density at radius 3 is 2.27 bits per heavy atom. The molecule has 1 rings (SSSR count). The third-order valence-corrected chi connectivity index (χ3v) is 1.92. The molecule has 1 amide bonds. The molecule has 0 aromatic heterocycles. The second-order valence-corrected chi connectivity index (χ2v) is 2.75. The summed E-state index contributed by atoms with van der Waals surface area (Å²) in [6, 6.07) is 0. The van der Waals surface area contributed by atoms with Crippen LogP contribution in [0.2, 0.25) is 0 Å². The summed E-state index contributed by atoms with van der Waals surface area (Å²) in [6.07, 6.45) is 0.380. The number of carbonyl (C=O) groups excluding carboxylic acids is 2. The monoisotopic (exact) mass is 156 g/mol. The molecule has 0 N–H and O–H groups in total. The molecule has 0 radical (unpaired) electrons. The lowest BCUT2D eigenvalue weighted by atomic mass is 10.3. The molecule has 4 heteroatoms. The van der Waals surface area contributed by atoms with E-state index in [1.807, 2.05) is 7.05 Å². The van der Waals surface area contributed by atoms with E-state index in [9.17, 15) is 9.59 Å². The standard InChI is InChI=1S/C7H12N2O2/c1-8-2-4-9(5-3-8)7(11)6-10/h6H,2-5H2,1H3. The molecule has 0 atom stereocenters. The molecule has 0 bridgehead atoms. The normalized spacial score (nSPS) is 19.9. The molecule has 1 aliphatic rings. The van der Waals surface area contributed by atoms with Crippen molar-refractivity contribution in [3.05, 3.63) is 0 Å². The first-order chi connectivity index (χ1) is 5.24. The van der Waals surface area contributed by atoms with Crippen molar-refractivity contribution in [1.82, 2.24) is 9.80 Å². The molecule has 1 fully saturated rings. The Bertz CT molecular complexity index is 162. The van der Waals surface area contributed by atoms with Crippen LogP contribution in [0, 0.1) is 0 Å². The zero-order valence-electron chi connectivity index (χ0n) is 6.62. The first-order valence-electron chi connectivity index (χ1n) is 3.66. The Morgan fingerprint density at radius 2 is 1.82 bits per heavy atom. The molecule has 11 heavy (non-hydrogen) atoms. The summed E-state index contributed by atoms with van der Waals surface area (Å²) < 4.78 is 0. The van der Waals surface area contributed by atoms with Crippen molar-refractivity contribution >= 4 is 12.2 Å². The number of amides is 1. The van der Waals surface area contributed by atoms with Gasteiger partial charge in [-0.3, -0.25) is 9.59 Å². The van der Waals surface area contributed by atoms with Crippen LogP contribution >= 0.6 is 0 Å². The molecule has 0 spiro atoms. The van der Waals surface area contributed by atoms with Crippen LogP contribution in [0.5, 0.6) is 0 Å². The van der Waals surface area contributed by atoms with Gasteiger partial charge in [-0.1, -0.05) is 0 Å². The van der Waals surface area contributed by atoms with Crippen LogP contribution in [0.1, 0.15) is 0 Å². The summed E-state index contributed by atoms with van der Waals surface area (Å²) in [5, 5.41) is 0. The summed E-state index contributed by atoms with van der Waals surface area (Å²) in [6.45, 7) is 3.07. The minimum atomic E-state index is -0.391. The van der Waals surface area contributed by atoms with Crippen LogP contribution in [-0.2, 0) is 9.59 Å². The Hall–Kier alpha value is -0.900. The van der Waals surface area contributed by atoms with Gasteiger partial charge in [-0.05, 0) is 7.05 Å². The van der Waals surface area contributed by atoms with E-state index in [4.69, 9.17) is 0 Å². The van der Waals surface area contributed by atoms with Crippen LogP contribution in [0.3, 0.4) is 0 Å². The summed E-state index contributed by atoms with van der Waals surface area (Å²) >= 11 is 0. The number of nitrogens with zero attached hydrogens (tertiary/aromatic N) is 2. The lowest BCUT2D eigenvalue weighted by Gasteiger charge is -2.30. The first-order valence-corrected chi connectivity index (χ1v) is 3.66. The van der Waals surface area contributed by atoms with Crippen LogP contribution in [-0.4, -0.2) is 55.2 Å². The molecule has 0 aromatic rings. The van der Waals surface area contributed by atoms with Gasteiger partial charge in [0.05, 0.1) is 0 Å². The second kappa shape index (κ2) is 3.48. The molecule has 62 valence electrons. The number of hydrogen-bond donors (Lipinski definition) is 0. The lowest BCUT2D eigenvalue weighted by Crippen LogP contribution is -2.47. The third-order valence-electron chi connectivity index (χ3n) is 1.92. The van der Waals surface area contributed by atoms with Gasteiger partial charge in [0, 0.05) is 26.2 Å². The fourth-order valence-electron chi connectivity index (χ4n) is 1.10. The Labute approximate surface area is 65.8 Å². The van der Waals surface area contributed by atoms with Crippen molar-refractivity contribution < 1.29 is 9.59 Å². The summed E-state index contributed by atoms with van der Waals surface area (Å²) in [4.78, 5) is 24.6. The third kappa shape index (κ3) is 2.01. The molecule has 1 aliphatic heterocycles. The lowest BCUT2D eigenvalue weighted by molar-refractivity contribution is -0.139. The van der Waals surface area contributed by atoms with Gasteiger partial charge in [-0.25, -0.2) is 0 Å². The minimum absolute atomic E-state index is 0.380. The minimum Gasteiger partial charge on any atom is -0.334 e. The molecule has 0 unspecified atom stereocenters. The number of rotatable bonds is 1. The predicted molar refractivity (Wildman–Crippen MR) is 40.1 cm³/mol. The smallest absolute Gasteiger partial charge is 0.286 e. The fraction of sp³-hybridized carbons (Fsp3) is 0.714. The van der Waals surface area contributed by atoms with E-state index in [1.165, 1.54) is 0 Å². The van der Waals surface area contributed by atoms with Gasteiger partial charge in [-0.2, -0.15) is 0 Å². The van der Waals surface area contributed by atoms with Crippen LogP contribution in [0.4, 0.5) is 0 Å². The average Bonchev–Trinajstić information content (AvgIpc) is 2.05. The Kier molecular flexibility index (Phi) is 2.59. The van der Waals surface area contributed by atoms with Crippen molar-refractivity contribution in [2.75, 3.05) is 33.2 Å². The summed E-state index contributed by atoms with van der Waals surface area (Å²) in [7, 11) is 2.00. The fourth-order valence-corrected chi connectivity index (χ4v) is 1.10. The van der Waals surface area contributed by atoms with Crippen LogP contribution < -0.4 is 0 Å². The largest absolute Gasteiger partial charge is 0.334 e. The zero-order valence-corrected chi connectivity index (χ0v) is 6.62. The Morgan fingerprint density at radius 1 is 1.27 bits per heavy atom. The zero-order chi connectivity index (χ0) is 8.27. The second-order valence-electron chi connectivity index (χ2n) is 2.75. The van der Waals surface area contributed by atoms with Gasteiger partial charge in [0.25, 0.3) is 5.91 Å². The molecule has 0 aromatic carbocycles. The highest BCUT2D eigenvalue weighted by Crippen LogP contribution is 1.97. The van der Waals surface area contributed by atoms with Gasteiger partial charge in [0.1, 0.15) is 0 Å². The number of piperazine rings is 1. The first kappa shape index (κ1) is 8.20. The van der Waals surface area contributed by atoms with Crippen molar-refractivity contribution in [2.24, 2.45) is 0 Å². The van der Waals surface area contributed by atoms with Gasteiger partial charge in [0.15, 0.2) is 0 Å². The summed E-state index contributed by atoms with van der Waals surface area (Å²) in [5.41, 5.74) is 0. The van der Waals surface area contributed by atoms with Crippen LogP contribution in [0.25, 0.3) is 0 Å². The number of likely N-dealkylation sites (N-methyl/N-ethyl adjacent to an activating group) is 1. The van der Waals surface area contributed by atoms with Gasteiger partial charge in [0.2, 0.25) is 6.29 Å². The molecular formula is C7H12N2O2. The molecule has 1 heterocycles. The van der Waals surface area contributed by atoms with Crippen molar-refractivity contribution in [3.63, 3.8) is 0 Å². The van der Waals surface area contributed by atoms with Gasteiger partial charge < -0.3 is 9.80 Å². The van der Waals surface area contributed by atoms with E-state index in [-0.39, 0.29) is 0 Å². The molecular weight excluding hydrogens is 144 g/mol. The summed E-state index contributed by atoms with van der Waals surface area (Å²) in [5.74, 6) is -0.391. The van der Waals surface area contributed by atoms with Gasteiger partial charge >= 0.3 is 0 Å². The molecule has 4 nitrogen and oxygen atoms in total. The van der Waals surface area contributed by atoms with E-state index in [2.05, 4.69) is 4.90 Å². The number of hydrogen-bond acceptors (Lipinski definition) is 3. The highest BCUT2D eigenvalue weighted by Gasteiger charge is 2.17. The molecule has 1 saturated heterocycles. The topological polar surface area (TPSA) is 40.6 Å². The van der Waals surface area contributed by atoms with E-state index in [0.717, 1.165) is 13.1 Å². The number of carbonyl (C=O) groups is 2.